The summed E-state index contributed by atoms with van der Waals surface area (Å²) in [5, 5.41) is 31.0. The lowest BCUT2D eigenvalue weighted by molar-refractivity contribution is -0.386. The van der Waals surface area contributed by atoms with Gasteiger partial charge in [0.25, 0.3) is 11.4 Å². The van der Waals surface area contributed by atoms with Crippen LogP contribution in [0.25, 0.3) is 11.1 Å². The highest BCUT2D eigenvalue weighted by Gasteiger charge is 2.23. The van der Waals surface area contributed by atoms with Gasteiger partial charge in [0.1, 0.15) is 0 Å². The molecule has 0 atom stereocenters. The number of hydrogen-bond donors (Lipinski definition) is 1. The third kappa shape index (κ3) is 3.18. The van der Waals surface area contributed by atoms with Crippen molar-refractivity contribution in [3.8, 4) is 11.1 Å². The SMILES string of the molecule is Cl.O=C(O)c1ccc(-c2ccccc2[N+](=O)[O-])c([N+](=O)[O-])c1. The lowest BCUT2D eigenvalue weighted by atomic mass is 10.00. The Labute approximate surface area is 129 Å². The van der Waals surface area contributed by atoms with E-state index < -0.39 is 21.5 Å². The highest BCUT2D eigenvalue weighted by molar-refractivity contribution is 5.91. The molecule has 8 nitrogen and oxygen atoms in total. The second kappa shape index (κ2) is 6.64. The van der Waals surface area contributed by atoms with Crippen LogP contribution in [-0.2, 0) is 0 Å². The zero-order valence-electron chi connectivity index (χ0n) is 10.8. The first-order valence-electron chi connectivity index (χ1n) is 5.67. The number of carbonyl (C=O) groups is 1. The van der Waals surface area contributed by atoms with E-state index in [0.717, 1.165) is 6.07 Å². The van der Waals surface area contributed by atoms with Gasteiger partial charge in [0.05, 0.1) is 26.5 Å². The molecule has 2 aromatic carbocycles. The van der Waals surface area contributed by atoms with Crippen molar-refractivity contribution >= 4 is 29.8 Å². The van der Waals surface area contributed by atoms with Gasteiger partial charge in [-0.25, -0.2) is 4.79 Å². The van der Waals surface area contributed by atoms with Gasteiger partial charge in [-0.3, -0.25) is 20.2 Å². The smallest absolute Gasteiger partial charge is 0.335 e. The maximum Gasteiger partial charge on any atom is 0.335 e. The monoisotopic (exact) mass is 324 g/mol. The molecule has 0 spiro atoms. The molecular weight excluding hydrogens is 316 g/mol. The van der Waals surface area contributed by atoms with Crippen LogP contribution in [0, 0.1) is 20.2 Å². The topological polar surface area (TPSA) is 124 Å². The summed E-state index contributed by atoms with van der Waals surface area (Å²) in [6, 6.07) is 8.81. The Hall–Kier alpha value is -3.00. The number of benzene rings is 2. The van der Waals surface area contributed by atoms with Gasteiger partial charge in [0.15, 0.2) is 0 Å². The van der Waals surface area contributed by atoms with Gasteiger partial charge in [-0.1, -0.05) is 12.1 Å². The van der Waals surface area contributed by atoms with E-state index in [1.165, 1.54) is 36.4 Å². The Kier molecular flexibility index (Phi) is 5.14. The van der Waals surface area contributed by atoms with Crippen LogP contribution < -0.4 is 0 Å². The normalized spacial score (nSPS) is 9.64. The third-order valence-electron chi connectivity index (χ3n) is 2.83. The van der Waals surface area contributed by atoms with Crippen LogP contribution in [0.4, 0.5) is 11.4 Å². The number of carboxylic acids is 1. The van der Waals surface area contributed by atoms with Gasteiger partial charge in [0, 0.05) is 12.1 Å². The fourth-order valence-electron chi connectivity index (χ4n) is 1.90. The van der Waals surface area contributed by atoms with E-state index in [0.29, 0.717) is 0 Å². The molecule has 0 saturated carbocycles. The average molecular weight is 325 g/mol. The van der Waals surface area contributed by atoms with Crippen LogP contribution in [-0.4, -0.2) is 20.9 Å². The minimum absolute atomic E-state index is 0. The highest BCUT2D eigenvalue weighted by atomic mass is 35.5. The standard InChI is InChI=1S/C13H8N2O6.ClH/c16-13(17)8-5-6-10(12(7-8)15(20)21)9-3-1-2-4-11(9)14(18)19;/h1-7H,(H,16,17);1H. The first kappa shape index (κ1) is 17.1. The van der Waals surface area contributed by atoms with Crippen LogP contribution in [0.2, 0.25) is 0 Å². The quantitative estimate of drug-likeness (QED) is 0.679. The van der Waals surface area contributed by atoms with E-state index in [4.69, 9.17) is 5.11 Å². The molecule has 0 aromatic heterocycles. The Morgan fingerprint density at radius 3 is 2.00 bits per heavy atom. The number of nitrogens with zero attached hydrogens (tertiary/aromatic N) is 2. The van der Waals surface area contributed by atoms with Gasteiger partial charge < -0.3 is 5.11 Å². The van der Waals surface area contributed by atoms with E-state index in [2.05, 4.69) is 0 Å². The predicted molar refractivity (Wildman–Crippen MR) is 79.4 cm³/mol. The molecule has 0 bridgehead atoms. The summed E-state index contributed by atoms with van der Waals surface area (Å²) in [6.45, 7) is 0. The number of rotatable bonds is 4. The van der Waals surface area contributed by atoms with Gasteiger partial charge in [-0.15, -0.1) is 12.4 Å². The maximum atomic E-state index is 11.1. The minimum Gasteiger partial charge on any atom is -0.478 e. The summed E-state index contributed by atoms with van der Waals surface area (Å²) in [5.74, 6) is -1.31. The zero-order chi connectivity index (χ0) is 15.6. The predicted octanol–water partition coefficient (Wildman–Crippen LogP) is 3.29. The summed E-state index contributed by atoms with van der Waals surface area (Å²) in [5.41, 5.74) is -0.986. The number of carboxylic acid groups (broad SMARTS) is 1. The lowest BCUT2D eigenvalue weighted by Gasteiger charge is -2.05. The second-order valence-corrected chi connectivity index (χ2v) is 4.07. The molecule has 0 amide bonds. The van der Waals surface area contributed by atoms with E-state index in [-0.39, 0.29) is 34.8 Å². The molecule has 0 aliphatic heterocycles. The fourth-order valence-corrected chi connectivity index (χ4v) is 1.90. The Balaban J connectivity index is 0.00000242. The van der Waals surface area contributed by atoms with Gasteiger partial charge in [-0.05, 0) is 18.2 Å². The highest BCUT2D eigenvalue weighted by Crippen LogP contribution is 2.36. The summed E-state index contributed by atoms with van der Waals surface area (Å²) in [7, 11) is 0. The Morgan fingerprint density at radius 2 is 1.45 bits per heavy atom. The molecule has 2 aromatic rings. The average Bonchev–Trinajstić information content (AvgIpc) is 2.46. The van der Waals surface area contributed by atoms with Crippen molar-refractivity contribution in [1.82, 2.24) is 0 Å². The number of nitro groups is 2. The van der Waals surface area contributed by atoms with Crippen LogP contribution >= 0.6 is 12.4 Å². The molecule has 9 heteroatoms. The molecule has 0 fully saturated rings. The third-order valence-corrected chi connectivity index (χ3v) is 2.83. The van der Waals surface area contributed by atoms with Crippen LogP contribution in [0.1, 0.15) is 10.4 Å². The number of nitro benzene ring substituents is 2. The molecule has 114 valence electrons. The summed E-state index contributed by atoms with van der Waals surface area (Å²) < 4.78 is 0. The Bertz CT molecular complexity index is 762. The van der Waals surface area contributed by atoms with E-state index in [9.17, 15) is 25.0 Å². The van der Waals surface area contributed by atoms with Crippen molar-refractivity contribution in [2.45, 2.75) is 0 Å². The molecule has 0 aliphatic carbocycles. The largest absolute Gasteiger partial charge is 0.478 e. The van der Waals surface area contributed by atoms with Gasteiger partial charge in [0.2, 0.25) is 0 Å². The van der Waals surface area contributed by atoms with Gasteiger partial charge in [-0.2, -0.15) is 0 Å². The van der Waals surface area contributed by atoms with Crippen molar-refractivity contribution < 1.29 is 19.7 Å². The molecular formula is C13H9ClN2O6. The zero-order valence-corrected chi connectivity index (χ0v) is 11.6. The van der Waals surface area contributed by atoms with Crippen molar-refractivity contribution in [2.24, 2.45) is 0 Å². The molecule has 0 saturated heterocycles. The molecule has 0 aliphatic rings. The number of halogens is 1. The molecule has 0 heterocycles. The van der Waals surface area contributed by atoms with E-state index in [1.54, 1.807) is 0 Å². The van der Waals surface area contributed by atoms with Crippen molar-refractivity contribution in [1.29, 1.82) is 0 Å². The Morgan fingerprint density at radius 1 is 0.909 bits per heavy atom. The molecule has 2 rings (SSSR count). The van der Waals surface area contributed by atoms with Crippen LogP contribution in [0.15, 0.2) is 42.5 Å². The molecule has 0 radical (unpaired) electrons. The number of aromatic carboxylic acids is 1. The molecule has 0 unspecified atom stereocenters. The molecule has 1 N–H and O–H groups in total. The number of para-hydroxylation sites is 1. The summed E-state index contributed by atoms with van der Waals surface area (Å²) in [6.07, 6.45) is 0. The summed E-state index contributed by atoms with van der Waals surface area (Å²) in [4.78, 5) is 31.5. The maximum absolute atomic E-state index is 11.1. The first-order valence-corrected chi connectivity index (χ1v) is 5.67. The number of hydrogen-bond acceptors (Lipinski definition) is 5. The van der Waals surface area contributed by atoms with Gasteiger partial charge >= 0.3 is 5.97 Å². The van der Waals surface area contributed by atoms with Crippen LogP contribution in [0.5, 0.6) is 0 Å². The van der Waals surface area contributed by atoms with E-state index in [1.807, 2.05) is 0 Å². The second-order valence-electron chi connectivity index (χ2n) is 4.07. The van der Waals surface area contributed by atoms with Crippen LogP contribution in [0.3, 0.4) is 0 Å². The van der Waals surface area contributed by atoms with Crippen molar-refractivity contribution in [2.75, 3.05) is 0 Å². The van der Waals surface area contributed by atoms with E-state index >= 15 is 0 Å². The first-order chi connectivity index (χ1) is 9.91. The fraction of sp³-hybridized carbons (Fsp3) is 0. The minimum atomic E-state index is -1.31. The lowest BCUT2D eigenvalue weighted by Crippen LogP contribution is -2.00. The van der Waals surface area contributed by atoms with Crippen molar-refractivity contribution in [3.05, 3.63) is 68.3 Å². The van der Waals surface area contributed by atoms with Crippen molar-refractivity contribution in [3.63, 3.8) is 0 Å². The molecule has 22 heavy (non-hydrogen) atoms. The summed E-state index contributed by atoms with van der Waals surface area (Å²) >= 11 is 0.